The summed E-state index contributed by atoms with van der Waals surface area (Å²) in [4.78, 5) is 54.0. The van der Waals surface area contributed by atoms with Crippen molar-refractivity contribution < 1.29 is 24.3 Å². The van der Waals surface area contributed by atoms with E-state index in [4.69, 9.17) is 34.8 Å². The number of phenols is 1. The van der Waals surface area contributed by atoms with Gasteiger partial charge in [0, 0.05) is 22.3 Å². The quantitative estimate of drug-likeness (QED) is 0.131. The molecule has 2 N–H and O–H groups in total. The van der Waals surface area contributed by atoms with Gasteiger partial charge in [0.15, 0.2) is 9.75 Å². The van der Waals surface area contributed by atoms with E-state index in [0.717, 1.165) is 16.3 Å². The minimum atomic E-state index is -1.97. The molecule has 0 spiro atoms. The summed E-state index contributed by atoms with van der Waals surface area (Å²) in [6.45, 7) is 0. The monoisotopic (exact) mass is 727 g/mol. The Kier molecular flexibility index (Phi) is 7.32. The third kappa shape index (κ3) is 4.31. The highest BCUT2D eigenvalue weighted by molar-refractivity contribution is 9.09. The Morgan fingerprint density at radius 2 is 1.58 bits per heavy atom. The zero-order valence-corrected chi connectivity index (χ0v) is 27.3. The number of fused-ring (bicyclic) bond motifs is 4. The van der Waals surface area contributed by atoms with E-state index >= 15 is 0 Å². The van der Waals surface area contributed by atoms with Gasteiger partial charge < -0.3 is 10.4 Å². The Morgan fingerprint density at radius 1 is 0.889 bits per heavy atom. The lowest BCUT2D eigenvalue weighted by atomic mass is 9.56. The highest BCUT2D eigenvalue weighted by Gasteiger charge is 2.76. The average molecular weight is 730 g/mol. The second kappa shape index (κ2) is 10.9. The Hall–Kier alpha value is -3.37. The standard InChI is InChI=1S/C33H25BrCl3N3O5/c34-16-39-30(44)32(36)15-24-21(27(33(32,37)31(39)45)22-11-10-20(41)14-25(22)35)12-13-23-26(24)29(43)40(28(23)42)19-8-6-18(7-9-19)38-17-4-2-1-3-5-17/h1-12,14,23-24,26-27,38,41H,13,15-16H2/t23-,24+,26-,27+,32+,33-/m0/s1. The minimum Gasteiger partial charge on any atom is -0.508 e. The molecule has 3 aromatic carbocycles. The van der Waals surface area contributed by atoms with E-state index in [0.29, 0.717) is 16.8 Å². The third-order valence-corrected chi connectivity index (χ3v) is 11.7. The first kappa shape index (κ1) is 30.3. The number of anilines is 3. The maximum absolute atomic E-state index is 14.2. The number of carbonyl (C=O) groups excluding carboxylic acids is 4. The van der Waals surface area contributed by atoms with Gasteiger partial charge in [-0.15, -0.1) is 23.2 Å². The number of carbonyl (C=O) groups is 4. The first-order valence-electron chi connectivity index (χ1n) is 14.3. The number of alkyl halides is 3. The number of phenolic OH excluding ortho intramolecular Hbond substituents is 1. The molecule has 0 bridgehead atoms. The van der Waals surface area contributed by atoms with Crippen molar-refractivity contribution in [3.63, 3.8) is 0 Å². The fourth-order valence-electron chi connectivity index (χ4n) is 7.49. The summed E-state index contributed by atoms with van der Waals surface area (Å²) in [5.41, 5.74) is 3.00. The van der Waals surface area contributed by atoms with Crippen molar-refractivity contribution in [3.8, 4) is 5.75 Å². The van der Waals surface area contributed by atoms with Crippen molar-refractivity contribution in [1.29, 1.82) is 0 Å². The van der Waals surface area contributed by atoms with Crippen LogP contribution in [0, 0.1) is 17.8 Å². The molecule has 8 nitrogen and oxygen atoms in total. The van der Waals surface area contributed by atoms with Crippen LogP contribution in [0.5, 0.6) is 5.75 Å². The van der Waals surface area contributed by atoms with Gasteiger partial charge in [0.05, 0.1) is 23.0 Å². The molecule has 230 valence electrons. The topological polar surface area (TPSA) is 107 Å². The molecule has 2 heterocycles. The lowest BCUT2D eigenvalue weighted by molar-refractivity contribution is -0.138. The first-order chi connectivity index (χ1) is 21.5. The normalized spacial score (nSPS) is 30.6. The molecular formula is C33H25BrCl3N3O5. The van der Waals surface area contributed by atoms with Gasteiger partial charge in [0.2, 0.25) is 11.8 Å². The molecule has 0 radical (unpaired) electrons. The molecule has 3 fully saturated rings. The summed E-state index contributed by atoms with van der Waals surface area (Å²) in [7, 11) is 0. The fourth-order valence-corrected chi connectivity index (χ4v) is 9.19. The first-order valence-corrected chi connectivity index (χ1v) is 16.5. The van der Waals surface area contributed by atoms with E-state index in [-0.39, 0.29) is 35.0 Å². The third-order valence-electron chi connectivity index (χ3n) is 9.50. The second-order valence-electron chi connectivity index (χ2n) is 11.7. The van der Waals surface area contributed by atoms with E-state index in [1.54, 1.807) is 30.3 Å². The molecule has 6 atom stereocenters. The SMILES string of the molecule is O=C1[C@H]2[C@H](CC=C3[C@H]2C[C@@]2(Cl)C(=O)N(CBr)C(=O)[C@@]2(Cl)[C@H]3c2ccc(O)cc2Cl)C(=O)N1c1ccc(Nc2ccccc2)cc1. The molecule has 2 aliphatic heterocycles. The van der Waals surface area contributed by atoms with Crippen molar-refractivity contribution in [3.05, 3.63) is 95.0 Å². The summed E-state index contributed by atoms with van der Waals surface area (Å²) in [6, 6.07) is 20.9. The minimum absolute atomic E-state index is 0.0948. The van der Waals surface area contributed by atoms with Gasteiger partial charge in [-0.3, -0.25) is 29.0 Å². The van der Waals surface area contributed by atoms with Gasteiger partial charge >= 0.3 is 0 Å². The van der Waals surface area contributed by atoms with Crippen LogP contribution in [-0.2, 0) is 19.2 Å². The van der Waals surface area contributed by atoms with Crippen molar-refractivity contribution in [1.82, 2.24) is 4.90 Å². The number of benzene rings is 3. The van der Waals surface area contributed by atoms with Gasteiger partial charge in [-0.25, -0.2) is 0 Å². The van der Waals surface area contributed by atoms with Crippen LogP contribution in [0.25, 0.3) is 0 Å². The zero-order chi connectivity index (χ0) is 31.8. The Morgan fingerprint density at radius 3 is 2.24 bits per heavy atom. The lowest BCUT2D eigenvalue weighted by Crippen LogP contribution is -2.60. The van der Waals surface area contributed by atoms with Crippen LogP contribution < -0.4 is 10.2 Å². The molecule has 12 heteroatoms. The van der Waals surface area contributed by atoms with Gasteiger partial charge in [-0.2, -0.15) is 0 Å². The number of rotatable bonds is 5. The van der Waals surface area contributed by atoms with E-state index in [1.807, 2.05) is 36.4 Å². The number of allylic oxidation sites excluding steroid dienone is 2. The molecule has 4 amide bonds. The van der Waals surface area contributed by atoms with E-state index in [2.05, 4.69) is 21.2 Å². The summed E-state index contributed by atoms with van der Waals surface area (Å²) in [5.74, 6) is -5.43. The molecule has 3 aromatic rings. The maximum Gasteiger partial charge on any atom is 0.254 e. The molecule has 2 saturated heterocycles. The number of aromatic hydroxyl groups is 1. The molecule has 1 saturated carbocycles. The highest BCUT2D eigenvalue weighted by atomic mass is 79.9. The number of halogens is 4. The summed E-state index contributed by atoms with van der Waals surface area (Å²) < 4.78 is 0. The number of amides is 4. The van der Waals surface area contributed by atoms with E-state index < -0.39 is 51.1 Å². The van der Waals surface area contributed by atoms with Crippen LogP contribution in [0.4, 0.5) is 17.1 Å². The average Bonchev–Trinajstić information content (AvgIpc) is 3.36. The molecule has 0 aromatic heterocycles. The Balaban J connectivity index is 1.28. The predicted octanol–water partition coefficient (Wildman–Crippen LogP) is 6.71. The van der Waals surface area contributed by atoms with Crippen molar-refractivity contribution >= 4 is 91.4 Å². The maximum atomic E-state index is 14.2. The summed E-state index contributed by atoms with van der Waals surface area (Å²) in [6.07, 6.45) is 1.94. The smallest absolute Gasteiger partial charge is 0.254 e. The van der Waals surface area contributed by atoms with Gasteiger partial charge in [0.25, 0.3) is 11.8 Å². The molecule has 4 aliphatic rings. The van der Waals surface area contributed by atoms with Gasteiger partial charge in [0.1, 0.15) is 5.75 Å². The van der Waals surface area contributed by atoms with Crippen molar-refractivity contribution in [2.24, 2.45) is 17.8 Å². The Bertz CT molecular complexity index is 1800. The fraction of sp³-hybridized carbons (Fsp3) is 0.273. The number of imide groups is 2. The molecule has 7 rings (SSSR count). The molecular weight excluding hydrogens is 705 g/mol. The van der Waals surface area contributed by atoms with Crippen LogP contribution in [0.3, 0.4) is 0 Å². The summed E-state index contributed by atoms with van der Waals surface area (Å²) in [5, 5.41) is 13.5. The predicted molar refractivity (Wildman–Crippen MR) is 175 cm³/mol. The van der Waals surface area contributed by atoms with Crippen LogP contribution >= 0.6 is 50.7 Å². The van der Waals surface area contributed by atoms with Crippen LogP contribution in [-0.4, -0.2) is 48.8 Å². The Labute approximate surface area is 282 Å². The zero-order valence-electron chi connectivity index (χ0n) is 23.4. The number of nitrogens with one attached hydrogen (secondary N) is 1. The molecule has 2 aliphatic carbocycles. The summed E-state index contributed by atoms with van der Waals surface area (Å²) >= 11 is 24.3. The van der Waals surface area contributed by atoms with Crippen LogP contribution in [0.2, 0.25) is 5.02 Å². The number of nitrogens with zero attached hydrogens (tertiary/aromatic N) is 2. The molecule has 0 unspecified atom stereocenters. The number of hydrogen-bond donors (Lipinski definition) is 2. The second-order valence-corrected chi connectivity index (χ2v) is 13.9. The van der Waals surface area contributed by atoms with Gasteiger partial charge in [-0.1, -0.05) is 63.4 Å². The lowest BCUT2D eigenvalue weighted by Gasteiger charge is -2.51. The highest BCUT2D eigenvalue weighted by Crippen LogP contribution is 2.66. The van der Waals surface area contributed by atoms with Gasteiger partial charge in [-0.05, 0) is 72.9 Å². The largest absolute Gasteiger partial charge is 0.508 e. The van der Waals surface area contributed by atoms with E-state index in [1.165, 1.54) is 17.0 Å². The van der Waals surface area contributed by atoms with Crippen LogP contribution in [0.15, 0.2) is 84.4 Å². The number of hydrogen-bond acceptors (Lipinski definition) is 6. The van der Waals surface area contributed by atoms with Crippen LogP contribution in [0.1, 0.15) is 24.3 Å². The van der Waals surface area contributed by atoms with Crippen molar-refractivity contribution in [2.75, 3.05) is 15.7 Å². The molecule has 45 heavy (non-hydrogen) atoms. The number of para-hydroxylation sites is 1. The number of likely N-dealkylation sites (tertiary alicyclic amines) is 1. The van der Waals surface area contributed by atoms with Crippen molar-refractivity contribution in [2.45, 2.75) is 28.5 Å². The van der Waals surface area contributed by atoms with E-state index in [9.17, 15) is 24.3 Å².